The van der Waals surface area contributed by atoms with Gasteiger partial charge in [-0.15, -0.1) is 0 Å². The maximum absolute atomic E-state index is 13.4. The molecule has 2 fully saturated rings. The molecule has 8 heteroatoms. The van der Waals surface area contributed by atoms with Crippen LogP contribution in [-0.4, -0.2) is 44.3 Å². The number of nitrogens with one attached hydrogen (secondary N) is 1. The Morgan fingerprint density at radius 2 is 1.75 bits per heavy atom. The zero-order chi connectivity index (χ0) is 25.3. The number of amides is 1. The lowest BCUT2D eigenvalue weighted by Gasteiger charge is -2.31. The highest BCUT2D eigenvalue weighted by molar-refractivity contribution is 7.89. The molecule has 1 unspecified atom stereocenters. The Balaban J connectivity index is 1.26. The van der Waals surface area contributed by atoms with Crippen molar-refractivity contribution in [2.75, 3.05) is 25.0 Å². The zero-order valence-corrected chi connectivity index (χ0v) is 21.1. The molecule has 0 spiro atoms. The summed E-state index contributed by atoms with van der Waals surface area (Å²) in [6.45, 7) is 2.68. The highest BCUT2D eigenvalue weighted by atomic mass is 32.2. The summed E-state index contributed by atoms with van der Waals surface area (Å²) in [6, 6.07) is 20.1. The van der Waals surface area contributed by atoms with Gasteiger partial charge in [-0.05, 0) is 73.2 Å². The quantitative estimate of drug-likeness (QED) is 0.477. The summed E-state index contributed by atoms with van der Waals surface area (Å²) >= 11 is 0. The molecule has 1 saturated carbocycles. The Morgan fingerprint density at radius 1 is 1.03 bits per heavy atom. The number of nitrogens with zero attached hydrogens (tertiary/aromatic N) is 1. The second-order valence-electron chi connectivity index (χ2n) is 9.58. The normalized spacial score (nSPS) is 19.5. The Kier molecular flexibility index (Phi) is 6.57. The number of sulfonamides is 1. The van der Waals surface area contributed by atoms with Gasteiger partial charge in [0.05, 0.1) is 22.8 Å². The summed E-state index contributed by atoms with van der Waals surface area (Å²) in [5.74, 6) is -0.840. The van der Waals surface area contributed by atoms with Gasteiger partial charge in [-0.25, -0.2) is 8.42 Å². The number of anilines is 1. The number of ether oxygens (including phenoxy) is 1. The summed E-state index contributed by atoms with van der Waals surface area (Å²) in [6.07, 6.45) is 2.77. The topological polar surface area (TPSA) is 92.8 Å². The van der Waals surface area contributed by atoms with Crippen LogP contribution in [0, 0.1) is 5.92 Å². The van der Waals surface area contributed by atoms with Crippen LogP contribution in [0.1, 0.15) is 38.2 Å². The van der Waals surface area contributed by atoms with Gasteiger partial charge in [-0.1, -0.05) is 42.5 Å². The lowest BCUT2D eigenvalue weighted by Crippen LogP contribution is -2.43. The van der Waals surface area contributed by atoms with Crippen molar-refractivity contribution in [3.63, 3.8) is 0 Å². The Morgan fingerprint density at radius 3 is 2.44 bits per heavy atom. The molecule has 1 aliphatic heterocycles. The van der Waals surface area contributed by atoms with E-state index in [0.29, 0.717) is 31.7 Å². The van der Waals surface area contributed by atoms with E-state index in [1.165, 1.54) is 4.31 Å². The summed E-state index contributed by atoms with van der Waals surface area (Å²) < 4.78 is 33.4. The maximum atomic E-state index is 13.4. The number of hydrogen-bond acceptors (Lipinski definition) is 5. The van der Waals surface area contributed by atoms with Crippen LogP contribution in [0.3, 0.4) is 0 Å². The van der Waals surface area contributed by atoms with E-state index in [2.05, 4.69) is 5.32 Å². The SMILES string of the molecule is CCOC(=O)C1(c2ccc(NC(=O)C3CCCN(S(=O)(=O)c4ccc5ccccc5c4)C3)cc2)CC1. The van der Waals surface area contributed by atoms with E-state index in [0.717, 1.165) is 29.2 Å². The van der Waals surface area contributed by atoms with E-state index >= 15 is 0 Å². The second-order valence-corrected chi connectivity index (χ2v) is 11.5. The van der Waals surface area contributed by atoms with Crippen molar-refractivity contribution in [1.82, 2.24) is 4.31 Å². The van der Waals surface area contributed by atoms with Gasteiger partial charge in [0, 0.05) is 18.8 Å². The molecule has 2 aliphatic rings. The zero-order valence-electron chi connectivity index (χ0n) is 20.3. The number of carbonyl (C=O) groups excluding carboxylic acids is 2. The van der Waals surface area contributed by atoms with E-state index in [1.807, 2.05) is 42.5 Å². The lowest BCUT2D eigenvalue weighted by molar-refractivity contribution is -0.146. The van der Waals surface area contributed by atoms with Crippen LogP contribution in [0.4, 0.5) is 5.69 Å². The van der Waals surface area contributed by atoms with Crippen LogP contribution in [0.2, 0.25) is 0 Å². The van der Waals surface area contributed by atoms with Crippen molar-refractivity contribution in [3.05, 3.63) is 72.3 Å². The van der Waals surface area contributed by atoms with E-state index in [4.69, 9.17) is 4.74 Å². The first-order chi connectivity index (χ1) is 17.3. The first-order valence-corrected chi connectivity index (χ1v) is 13.8. The molecule has 188 valence electrons. The Bertz CT molecular complexity index is 1400. The summed E-state index contributed by atoms with van der Waals surface area (Å²) in [5.41, 5.74) is 0.960. The second kappa shape index (κ2) is 9.67. The molecule has 1 atom stereocenters. The van der Waals surface area contributed by atoms with Gasteiger partial charge in [0.2, 0.25) is 15.9 Å². The van der Waals surface area contributed by atoms with Crippen LogP contribution in [-0.2, 0) is 29.8 Å². The van der Waals surface area contributed by atoms with Gasteiger partial charge in [0.15, 0.2) is 0 Å². The van der Waals surface area contributed by atoms with Gasteiger partial charge in [0.1, 0.15) is 0 Å². The van der Waals surface area contributed by atoms with Crippen LogP contribution < -0.4 is 5.32 Å². The van der Waals surface area contributed by atoms with E-state index in [9.17, 15) is 18.0 Å². The van der Waals surface area contributed by atoms with E-state index < -0.39 is 21.4 Å². The van der Waals surface area contributed by atoms with Gasteiger partial charge >= 0.3 is 5.97 Å². The Labute approximate surface area is 211 Å². The molecular formula is C28H30N2O5S. The van der Waals surface area contributed by atoms with Crippen LogP contribution in [0.15, 0.2) is 71.6 Å². The molecule has 1 heterocycles. The van der Waals surface area contributed by atoms with Crippen LogP contribution in [0.25, 0.3) is 10.8 Å². The van der Waals surface area contributed by atoms with Crippen molar-refractivity contribution < 1.29 is 22.7 Å². The predicted molar refractivity (Wildman–Crippen MR) is 138 cm³/mol. The van der Waals surface area contributed by atoms with Crippen molar-refractivity contribution in [2.24, 2.45) is 5.92 Å². The lowest BCUT2D eigenvalue weighted by atomic mass is 9.95. The molecule has 0 bridgehead atoms. The van der Waals surface area contributed by atoms with Crippen molar-refractivity contribution in [1.29, 1.82) is 0 Å². The van der Waals surface area contributed by atoms with Crippen molar-refractivity contribution >= 4 is 38.4 Å². The third-order valence-electron chi connectivity index (χ3n) is 7.23. The van der Waals surface area contributed by atoms with Gasteiger partial charge in [-0.2, -0.15) is 4.31 Å². The molecule has 1 N–H and O–H groups in total. The van der Waals surface area contributed by atoms with E-state index in [-0.39, 0.29) is 23.3 Å². The van der Waals surface area contributed by atoms with Crippen LogP contribution >= 0.6 is 0 Å². The monoisotopic (exact) mass is 506 g/mol. The molecule has 1 aliphatic carbocycles. The van der Waals surface area contributed by atoms with Gasteiger partial charge in [0.25, 0.3) is 0 Å². The number of hydrogen-bond donors (Lipinski definition) is 1. The molecule has 0 radical (unpaired) electrons. The number of benzene rings is 3. The highest BCUT2D eigenvalue weighted by Gasteiger charge is 2.52. The fraction of sp³-hybridized carbons (Fsp3) is 0.357. The molecular weight excluding hydrogens is 476 g/mol. The number of esters is 1. The third-order valence-corrected chi connectivity index (χ3v) is 9.10. The number of fused-ring (bicyclic) bond motifs is 1. The largest absolute Gasteiger partial charge is 0.465 e. The molecule has 36 heavy (non-hydrogen) atoms. The number of carbonyl (C=O) groups is 2. The van der Waals surface area contributed by atoms with Crippen molar-refractivity contribution in [3.8, 4) is 0 Å². The molecule has 1 amide bonds. The molecule has 3 aromatic carbocycles. The minimum atomic E-state index is -3.71. The maximum Gasteiger partial charge on any atom is 0.316 e. The third kappa shape index (κ3) is 4.63. The minimum absolute atomic E-state index is 0.144. The molecule has 7 nitrogen and oxygen atoms in total. The fourth-order valence-electron chi connectivity index (χ4n) is 4.97. The molecule has 5 rings (SSSR count). The van der Waals surface area contributed by atoms with Crippen molar-refractivity contribution in [2.45, 2.75) is 42.9 Å². The average Bonchev–Trinajstić information content (AvgIpc) is 3.71. The van der Waals surface area contributed by atoms with Gasteiger partial charge < -0.3 is 10.1 Å². The smallest absolute Gasteiger partial charge is 0.316 e. The first-order valence-electron chi connectivity index (χ1n) is 12.4. The van der Waals surface area contributed by atoms with Crippen LogP contribution in [0.5, 0.6) is 0 Å². The summed E-state index contributed by atoms with van der Waals surface area (Å²) in [5, 5.41) is 4.77. The highest BCUT2D eigenvalue weighted by Crippen LogP contribution is 2.49. The molecule has 0 aromatic heterocycles. The van der Waals surface area contributed by atoms with Gasteiger partial charge in [-0.3, -0.25) is 9.59 Å². The first kappa shape index (κ1) is 24.5. The summed E-state index contributed by atoms with van der Waals surface area (Å²) in [7, 11) is -3.71. The minimum Gasteiger partial charge on any atom is -0.465 e. The fourth-order valence-corrected chi connectivity index (χ4v) is 6.53. The number of piperidine rings is 1. The van der Waals surface area contributed by atoms with E-state index in [1.54, 1.807) is 31.2 Å². The average molecular weight is 507 g/mol. The summed E-state index contributed by atoms with van der Waals surface area (Å²) in [4.78, 5) is 25.6. The molecule has 1 saturated heterocycles. The predicted octanol–water partition coefficient (Wildman–Crippen LogP) is 4.47. The Hall–Kier alpha value is -3.23. The standard InChI is InChI=1S/C28H30N2O5S/c1-2-35-27(32)28(15-16-28)23-10-12-24(13-11-23)29-26(31)22-8-5-17-30(19-22)36(33,34)25-14-9-20-6-3-4-7-21(20)18-25/h3-4,6-7,9-14,18,22H,2,5,8,15-17,19H2,1H3,(H,29,31). The number of rotatable bonds is 7. The molecule has 3 aromatic rings.